The molecular weight excluding hydrogens is 488 g/mol. The summed E-state index contributed by atoms with van der Waals surface area (Å²) >= 11 is 1.57. The van der Waals surface area contributed by atoms with Gasteiger partial charge in [0, 0.05) is 23.5 Å². The van der Waals surface area contributed by atoms with Crippen molar-refractivity contribution in [1.29, 1.82) is 0 Å². The summed E-state index contributed by atoms with van der Waals surface area (Å²) in [6.07, 6.45) is 2.30. The number of carbonyl (C=O) groups is 4. The Morgan fingerprint density at radius 1 is 0.944 bits per heavy atom. The van der Waals surface area contributed by atoms with Crippen LogP contribution in [-0.4, -0.2) is 55.1 Å². The first-order chi connectivity index (χ1) is 17.2. The second-order valence-corrected chi connectivity index (χ2v) is 8.16. The number of rotatable bonds is 10. The number of hydrogen-bond acceptors (Lipinski definition) is 10. The van der Waals surface area contributed by atoms with Gasteiger partial charge >= 0.3 is 11.9 Å². The third kappa shape index (κ3) is 7.94. The lowest BCUT2D eigenvalue weighted by Crippen LogP contribution is -2.15. The molecule has 12 heteroatoms. The van der Waals surface area contributed by atoms with Crippen LogP contribution in [0.3, 0.4) is 0 Å². The number of ether oxygens (including phenoxy) is 2. The Kier molecular flexibility index (Phi) is 10.6. The number of aliphatic hydroxyl groups is 1. The van der Waals surface area contributed by atoms with E-state index >= 15 is 0 Å². The highest BCUT2D eigenvalue weighted by Crippen LogP contribution is 2.25. The number of esters is 2. The van der Waals surface area contributed by atoms with Crippen molar-refractivity contribution in [1.82, 2.24) is 0 Å². The van der Waals surface area contributed by atoms with E-state index in [0.717, 1.165) is 0 Å². The zero-order chi connectivity index (χ0) is 26.7. The van der Waals surface area contributed by atoms with Gasteiger partial charge in [-0.3, -0.25) is 9.59 Å². The van der Waals surface area contributed by atoms with Gasteiger partial charge in [-0.15, -0.1) is 10.2 Å². The number of hydrogen-bond donors (Lipinski definition) is 3. The zero-order valence-electron chi connectivity index (χ0n) is 20.2. The summed E-state index contributed by atoms with van der Waals surface area (Å²) in [5, 5.41) is 23.0. The van der Waals surface area contributed by atoms with Crippen LogP contribution >= 0.6 is 11.8 Å². The molecule has 0 aliphatic carbocycles. The molecule has 36 heavy (non-hydrogen) atoms. The average molecular weight is 515 g/mol. The van der Waals surface area contributed by atoms with Crippen LogP contribution in [0.15, 0.2) is 64.1 Å². The number of allylic oxidation sites excluding steroid dienone is 1. The topological polar surface area (TPSA) is 156 Å². The maximum Gasteiger partial charge on any atom is 0.340 e. The van der Waals surface area contributed by atoms with Crippen LogP contribution in [0, 0.1) is 0 Å². The number of carbonyl (C=O) groups excluding carboxylic acids is 4. The average Bonchev–Trinajstić information content (AvgIpc) is 2.87. The van der Waals surface area contributed by atoms with Crippen molar-refractivity contribution in [2.24, 2.45) is 10.2 Å². The number of anilines is 2. The fourth-order valence-electron chi connectivity index (χ4n) is 2.77. The molecule has 0 aliphatic rings. The Balaban J connectivity index is 2.22. The molecule has 0 aromatic heterocycles. The lowest BCUT2D eigenvalue weighted by molar-refractivity contribution is -0.116. The summed E-state index contributed by atoms with van der Waals surface area (Å²) in [4.78, 5) is 48.5. The Hall–Kier alpha value is -4.19. The molecule has 0 saturated carbocycles. The number of methoxy groups -OCH3 is 2. The Morgan fingerprint density at radius 2 is 1.56 bits per heavy atom. The van der Waals surface area contributed by atoms with E-state index in [9.17, 15) is 24.3 Å². The van der Waals surface area contributed by atoms with E-state index in [-0.39, 0.29) is 22.7 Å². The highest BCUT2D eigenvalue weighted by Gasteiger charge is 2.18. The fourth-order valence-corrected chi connectivity index (χ4v) is 3.16. The minimum Gasteiger partial charge on any atom is -0.510 e. The number of benzene rings is 2. The number of thioether (sulfide) groups is 1. The SMILES string of the molecule is COC(=O)c1ccc(C(=O)OC)c(N=NC(C(=O)Nc2ccc(NC(=O)CCSC)cc2)=C(C)O)c1. The normalized spacial score (nSPS) is 11.4. The van der Waals surface area contributed by atoms with Gasteiger partial charge < -0.3 is 25.2 Å². The molecule has 0 spiro atoms. The summed E-state index contributed by atoms with van der Waals surface area (Å²) < 4.78 is 9.38. The molecule has 0 atom stereocenters. The lowest BCUT2D eigenvalue weighted by atomic mass is 10.1. The van der Waals surface area contributed by atoms with Crippen molar-refractivity contribution in [2.45, 2.75) is 13.3 Å². The van der Waals surface area contributed by atoms with E-state index in [1.165, 1.54) is 39.3 Å². The molecule has 0 aliphatic heterocycles. The number of nitrogens with zero attached hydrogens (tertiary/aromatic N) is 2. The van der Waals surface area contributed by atoms with Crippen LogP contribution in [0.5, 0.6) is 0 Å². The summed E-state index contributed by atoms with van der Waals surface area (Å²) in [7, 11) is 2.37. The molecule has 0 bridgehead atoms. The summed E-state index contributed by atoms with van der Waals surface area (Å²) in [6.45, 7) is 1.24. The molecule has 190 valence electrons. The van der Waals surface area contributed by atoms with Crippen LogP contribution in [0.2, 0.25) is 0 Å². The first-order valence-electron chi connectivity index (χ1n) is 10.5. The Labute approximate surface area is 212 Å². The highest BCUT2D eigenvalue weighted by molar-refractivity contribution is 7.98. The number of nitrogens with one attached hydrogen (secondary N) is 2. The van der Waals surface area contributed by atoms with Crippen molar-refractivity contribution in [3.63, 3.8) is 0 Å². The van der Waals surface area contributed by atoms with Crippen LogP contribution in [0.1, 0.15) is 34.1 Å². The predicted molar refractivity (Wildman–Crippen MR) is 136 cm³/mol. The number of amides is 2. The molecule has 0 saturated heterocycles. The summed E-state index contributed by atoms with van der Waals surface area (Å²) in [5.41, 5.74) is 0.518. The van der Waals surface area contributed by atoms with Gasteiger partial charge in [-0.2, -0.15) is 11.8 Å². The summed E-state index contributed by atoms with van der Waals surface area (Å²) in [5.74, 6) is -2.03. The van der Waals surface area contributed by atoms with Crippen molar-refractivity contribution >= 4 is 52.6 Å². The molecule has 3 N–H and O–H groups in total. The van der Waals surface area contributed by atoms with E-state index in [4.69, 9.17) is 4.74 Å². The largest absolute Gasteiger partial charge is 0.510 e. The molecule has 0 radical (unpaired) electrons. The fraction of sp³-hybridized carbons (Fsp3) is 0.250. The van der Waals surface area contributed by atoms with Gasteiger partial charge in [-0.1, -0.05) is 0 Å². The smallest absolute Gasteiger partial charge is 0.340 e. The lowest BCUT2D eigenvalue weighted by Gasteiger charge is -2.09. The Morgan fingerprint density at radius 3 is 2.11 bits per heavy atom. The third-order valence-corrected chi connectivity index (χ3v) is 5.21. The molecular formula is C24H26N4O7S. The highest BCUT2D eigenvalue weighted by atomic mass is 32.2. The van der Waals surface area contributed by atoms with Crippen molar-refractivity contribution in [3.8, 4) is 0 Å². The predicted octanol–water partition coefficient (Wildman–Crippen LogP) is 4.46. The zero-order valence-corrected chi connectivity index (χ0v) is 21.0. The molecule has 2 aromatic carbocycles. The standard InChI is InChI=1S/C24H26N4O7S/c1-14(29)21(22(31)26-17-8-6-16(7-9-17)25-20(30)11-12-36-4)28-27-19-13-15(23(32)34-2)5-10-18(19)24(33)35-3/h5-10,13,29H,11-12H2,1-4H3,(H,25,30)(H,26,31). The molecule has 11 nitrogen and oxygen atoms in total. The minimum absolute atomic E-state index is 0.0144. The summed E-state index contributed by atoms with van der Waals surface area (Å²) in [6, 6.07) is 10.3. The van der Waals surface area contributed by atoms with Gasteiger partial charge in [0.2, 0.25) is 5.91 Å². The number of aliphatic hydroxyl groups excluding tert-OH is 1. The molecule has 2 rings (SSSR count). The van der Waals surface area contributed by atoms with Gasteiger partial charge in [0.15, 0.2) is 5.70 Å². The van der Waals surface area contributed by atoms with E-state index < -0.39 is 29.3 Å². The van der Waals surface area contributed by atoms with E-state index in [0.29, 0.717) is 23.5 Å². The van der Waals surface area contributed by atoms with Gasteiger partial charge in [-0.05, 0) is 55.6 Å². The van der Waals surface area contributed by atoms with Crippen LogP contribution in [0.25, 0.3) is 0 Å². The van der Waals surface area contributed by atoms with Gasteiger partial charge in [-0.25, -0.2) is 9.59 Å². The van der Waals surface area contributed by atoms with E-state index in [1.807, 2.05) is 6.26 Å². The number of azo groups is 1. The van der Waals surface area contributed by atoms with E-state index in [2.05, 4.69) is 25.6 Å². The van der Waals surface area contributed by atoms with Crippen molar-refractivity contribution < 1.29 is 33.8 Å². The first kappa shape index (κ1) is 28.1. The van der Waals surface area contributed by atoms with Gasteiger partial charge in [0.25, 0.3) is 5.91 Å². The maximum absolute atomic E-state index is 12.7. The molecule has 0 heterocycles. The molecule has 0 fully saturated rings. The quantitative estimate of drug-likeness (QED) is 0.182. The van der Waals surface area contributed by atoms with Gasteiger partial charge in [0.05, 0.1) is 25.3 Å². The molecule has 2 aromatic rings. The second kappa shape index (κ2) is 13.6. The molecule has 2 amide bonds. The van der Waals surface area contributed by atoms with Crippen LogP contribution in [-0.2, 0) is 19.1 Å². The first-order valence-corrected chi connectivity index (χ1v) is 11.9. The van der Waals surface area contributed by atoms with Crippen LogP contribution in [0.4, 0.5) is 17.1 Å². The molecule has 0 unspecified atom stereocenters. The monoisotopic (exact) mass is 514 g/mol. The van der Waals surface area contributed by atoms with Gasteiger partial charge in [0.1, 0.15) is 11.4 Å². The van der Waals surface area contributed by atoms with E-state index in [1.54, 1.807) is 36.0 Å². The third-order valence-electron chi connectivity index (χ3n) is 4.60. The van der Waals surface area contributed by atoms with Crippen molar-refractivity contribution in [3.05, 3.63) is 65.0 Å². The maximum atomic E-state index is 12.7. The Bertz CT molecular complexity index is 1190. The van der Waals surface area contributed by atoms with Crippen molar-refractivity contribution in [2.75, 3.05) is 36.9 Å². The second-order valence-electron chi connectivity index (χ2n) is 7.17. The van der Waals surface area contributed by atoms with Crippen LogP contribution < -0.4 is 10.6 Å². The minimum atomic E-state index is -0.778.